The van der Waals surface area contributed by atoms with E-state index in [2.05, 4.69) is 0 Å². The first-order chi connectivity index (χ1) is 8.08. The molecule has 0 spiro atoms. The van der Waals surface area contributed by atoms with Crippen molar-refractivity contribution in [3.63, 3.8) is 0 Å². The van der Waals surface area contributed by atoms with Crippen LogP contribution in [0.4, 0.5) is 4.39 Å². The van der Waals surface area contributed by atoms with E-state index >= 15 is 0 Å². The van der Waals surface area contributed by atoms with Gasteiger partial charge in [-0.15, -0.1) is 0 Å². The van der Waals surface area contributed by atoms with Crippen molar-refractivity contribution in [2.24, 2.45) is 0 Å². The van der Waals surface area contributed by atoms with Gasteiger partial charge >= 0.3 is 0 Å². The zero-order valence-corrected chi connectivity index (χ0v) is 9.37. The predicted octanol–water partition coefficient (Wildman–Crippen LogP) is 3.59. The molecule has 0 fully saturated rings. The van der Waals surface area contributed by atoms with Crippen LogP contribution in [0.15, 0.2) is 42.5 Å². The Morgan fingerprint density at radius 1 is 1.18 bits per heavy atom. The maximum Gasteiger partial charge on any atom is 0.126 e. The number of hydrogen-bond donors (Lipinski definition) is 2. The molecule has 3 heteroatoms. The molecular weight excluding hydrogens is 217 g/mol. The zero-order chi connectivity index (χ0) is 12.4. The molecule has 0 aromatic heterocycles. The quantitative estimate of drug-likeness (QED) is 0.759. The Morgan fingerprint density at radius 3 is 2.59 bits per heavy atom. The third-order valence-corrected chi connectivity index (χ3v) is 2.57. The largest absolute Gasteiger partial charge is 0.507 e. The normalized spacial score (nSPS) is 10.2. The first kappa shape index (κ1) is 11.3. The maximum atomic E-state index is 12.9. The molecular formula is C14H12FNO. The van der Waals surface area contributed by atoms with Crippen molar-refractivity contribution in [1.29, 1.82) is 5.41 Å². The Kier molecular flexibility index (Phi) is 2.91. The fourth-order valence-electron chi connectivity index (χ4n) is 1.67. The second-order valence-electron chi connectivity index (χ2n) is 3.87. The van der Waals surface area contributed by atoms with Gasteiger partial charge in [0.2, 0.25) is 0 Å². The van der Waals surface area contributed by atoms with Crippen molar-refractivity contribution in [2.75, 3.05) is 0 Å². The van der Waals surface area contributed by atoms with Crippen LogP contribution >= 0.6 is 0 Å². The summed E-state index contributed by atoms with van der Waals surface area (Å²) in [4.78, 5) is 0. The first-order valence-electron chi connectivity index (χ1n) is 5.22. The van der Waals surface area contributed by atoms with Gasteiger partial charge in [0.25, 0.3) is 0 Å². The molecule has 0 radical (unpaired) electrons. The van der Waals surface area contributed by atoms with E-state index in [-0.39, 0.29) is 5.75 Å². The van der Waals surface area contributed by atoms with E-state index in [9.17, 15) is 9.50 Å². The highest BCUT2D eigenvalue weighted by Gasteiger charge is 2.06. The van der Waals surface area contributed by atoms with E-state index in [1.807, 2.05) is 18.2 Å². The van der Waals surface area contributed by atoms with Gasteiger partial charge in [-0.2, -0.15) is 0 Å². The molecule has 86 valence electrons. The molecule has 0 aliphatic heterocycles. The SMILES string of the molecule is CC(=N)c1cccc(-c2ccc(F)cc2O)c1. The molecule has 2 N–H and O–H groups in total. The van der Waals surface area contributed by atoms with Crippen LogP contribution in [0.3, 0.4) is 0 Å². The Bertz CT molecular complexity index is 578. The lowest BCUT2D eigenvalue weighted by Gasteiger charge is -2.06. The van der Waals surface area contributed by atoms with Gasteiger partial charge < -0.3 is 10.5 Å². The van der Waals surface area contributed by atoms with Crippen LogP contribution in [0, 0.1) is 11.2 Å². The van der Waals surface area contributed by atoms with E-state index in [0.717, 1.165) is 17.2 Å². The topological polar surface area (TPSA) is 44.1 Å². The van der Waals surface area contributed by atoms with E-state index in [1.165, 1.54) is 12.1 Å². The molecule has 2 nitrogen and oxygen atoms in total. The summed E-state index contributed by atoms with van der Waals surface area (Å²) in [6.45, 7) is 1.70. The van der Waals surface area contributed by atoms with Crippen molar-refractivity contribution in [2.45, 2.75) is 6.92 Å². The lowest BCUT2D eigenvalue weighted by molar-refractivity contribution is 0.471. The molecule has 0 unspecified atom stereocenters. The van der Waals surface area contributed by atoms with Gasteiger partial charge in [0, 0.05) is 17.3 Å². The Hall–Kier alpha value is -2.16. The van der Waals surface area contributed by atoms with Crippen molar-refractivity contribution in [1.82, 2.24) is 0 Å². The molecule has 17 heavy (non-hydrogen) atoms. The summed E-state index contributed by atoms with van der Waals surface area (Å²) in [5.74, 6) is -0.560. The number of rotatable bonds is 2. The van der Waals surface area contributed by atoms with Gasteiger partial charge in [-0.1, -0.05) is 18.2 Å². The zero-order valence-electron chi connectivity index (χ0n) is 9.37. The van der Waals surface area contributed by atoms with Crippen molar-refractivity contribution >= 4 is 5.71 Å². The molecule has 0 saturated carbocycles. The molecule has 2 aromatic rings. The molecule has 0 atom stereocenters. The first-order valence-corrected chi connectivity index (χ1v) is 5.22. The average molecular weight is 229 g/mol. The number of nitrogens with one attached hydrogen (secondary N) is 1. The highest BCUT2D eigenvalue weighted by Crippen LogP contribution is 2.30. The predicted molar refractivity (Wildman–Crippen MR) is 66.0 cm³/mol. The van der Waals surface area contributed by atoms with Crippen LogP contribution in [0.1, 0.15) is 12.5 Å². The lowest BCUT2D eigenvalue weighted by Crippen LogP contribution is -1.92. The van der Waals surface area contributed by atoms with Crippen LogP contribution in [-0.4, -0.2) is 10.8 Å². The van der Waals surface area contributed by atoms with Crippen LogP contribution in [-0.2, 0) is 0 Å². The number of benzene rings is 2. The van der Waals surface area contributed by atoms with Crippen LogP contribution in [0.5, 0.6) is 5.75 Å². The average Bonchev–Trinajstić information content (AvgIpc) is 2.29. The third-order valence-electron chi connectivity index (χ3n) is 2.57. The Balaban J connectivity index is 2.53. The molecule has 0 bridgehead atoms. The number of phenolic OH excluding ortho intramolecular Hbond substituents is 1. The van der Waals surface area contributed by atoms with Gasteiger partial charge in [-0.3, -0.25) is 0 Å². The van der Waals surface area contributed by atoms with Crippen LogP contribution in [0.25, 0.3) is 11.1 Å². The fraction of sp³-hybridized carbons (Fsp3) is 0.0714. The standard InChI is InChI=1S/C14H12FNO/c1-9(16)10-3-2-4-11(7-10)13-6-5-12(15)8-14(13)17/h2-8,16-17H,1H3. The lowest BCUT2D eigenvalue weighted by atomic mass is 10.0. The number of phenols is 1. The molecule has 0 saturated heterocycles. The molecule has 0 heterocycles. The van der Waals surface area contributed by atoms with Crippen molar-refractivity contribution in [3.05, 3.63) is 53.8 Å². The van der Waals surface area contributed by atoms with E-state index < -0.39 is 5.82 Å². The van der Waals surface area contributed by atoms with Gasteiger partial charge in [0.15, 0.2) is 0 Å². The minimum absolute atomic E-state index is 0.0928. The molecule has 0 amide bonds. The molecule has 2 rings (SSSR count). The Morgan fingerprint density at radius 2 is 1.94 bits per heavy atom. The highest BCUT2D eigenvalue weighted by molar-refractivity contribution is 5.97. The summed E-state index contributed by atoms with van der Waals surface area (Å²) in [5, 5.41) is 17.2. The molecule has 0 aliphatic rings. The van der Waals surface area contributed by atoms with E-state index in [1.54, 1.807) is 13.0 Å². The van der Waals surface area contributed by atoms with Crippen molar-refractivity contribution < 1.29 is 9.50 Å². The minimum Gasteiger partial charge on any atom is -0.507 e. The minimum atomic E-state index is -0.467. The summed E-state index contributed by atoms with van der Waals surface area (Å²) >= 11 is 0. The summed E-state index contributed by atoms with van der Waals surface area (Å²) in [7, 11) is 0. The summed E-state index contributed by atoms with van der Waals surface area (Å²) in [6, 6.07) is 11.2. The van der Waals surface area contributed by atoms with Gasteiger partial charge in [0.05, 0.1) is 0 Å². The van der Waals surface area contributed by atoms with Crippen molar-refractivity contribution in [3.8, 4) is 16.9 Å². The van der Waals surface area contributed by atoms with Gasteiger partial charge in [0.1, 0.15) is 11.6 Å². The monoisotopic (exact) mass is 229 g/mol. The fourth-order valence-corrected chi connectivity index (χ4v) is 1.67. The summed E-state index contributed by atoms with van der Waals surface area (Å²) < 4.78 is 12.9. The third kappa shape index (κ3) is 2.33. The number of hydrogen-bond acceptors (Lipinski definition) is 2. The Labute approximate surface area is 98.9 Å². The number of halogens is 1. The second-order valence-corrected chi connectivity index (χ2v) is 3.87. The molecule has 0 aliphatic carbocycles. The summed E-state index contributed by atoms with van der Waals surface area (Å²) in [5.41, 5.74) is 2.57. The maximum absolute atomic E-state index is 12.9. The van der Waals surface area contributed by atoms with E-state index in [0.29, 0.717) is 11.3 Å². The highest BCUT2D eigenvalue weighted by atomic mass is 19.1. The van der Waals surface area contributed by atoms with E-state index in [4.69, 9.17) is 5.41 Å². The second kappa shape index (κ2) is 4.37. The smallest absolute Gasteiger partial charge is 0.126 e. The summed E-state index contributed by atoms with van der Waals surface area (Å²) in [6.07, 6.45) is 0. The van der Waals surface area contributed by atoms with Gasteiger partial charge in [-0.05, 0) is 36.2 Å². The van der Waals surface area contributed by atoms with Gasteiger partial charge in [-0.25, -0.2) is 4.39 Å². The van der Waals surface area contributed by atoms with Crippen LogP contribution in [0.2, 0.25) is 0 Å². The molecule has 2 aromatic carbocycles. The number of aromatic hydroxyl groups is 1. The van der Waals surface area contributed by atoms with Crippen LogP contribution < -0.4 is 0 Å².